The van der Waals surface area contributed by atoms with Gasteiger partial charge in [0.15, 0.2) is 5.13 Å². The number of aryl methyl sites for hydroxylation is 1. The first kappa shape index (κ1) is 16.8. The van der Waals surface area contributed by atoms with Gasteiger partial charge in [0, 0.05) is 11.6 Å². The second-order valence-corrected chi connectivity index (χ2v) is 5.79. The van der Waals surface area contributed by atoms with E-state index >= 15 is 0 Å². The van der Waals surface area contributed by atoms with Crippen molar-refractivity contribution in [1.29, 1.82) is 0 Å². The van der Waals surface area contributed by atoms with Gasteiger partial charge >= 0.3 is 0 Å². The van der Waals surface area contributed by atoms with Crippen molar-refractivity contribution in [2.75, 3.05) is 5.73 Å². The van der Waals surface area contributed by atoms with E-state index in [1.165, 1.54) is 18.3 Å². The Labute approximate surface area is 140 Å². The van der Waals surface area contributed by atoms with Crippen molar-refractivity contribution in [3.05, 3.63) is 49.5 Å². The summed E-state index contributed by atoms with van der Waals surface area (Å²) >= 11 is 6.79. The first-order valence-corrected chi connectivity index (χ1v) is 7.64. The Balaban J connectivity index is 2.11. The predicted octanol–water partition coefficient (Wildman–Crippen LogP) is 2.61. The zero-order chi connectivity index (χ0) is 17.0. The SMILES string of the molecule is CCc1nc(N)sc1C(=O)N/N=C\c1ccc(Cl)c([N+](=O)[O-])c1. The van der Waals surface area contributed by atoms with Crippen molar-refractivity contribution in [2.45, 2.75) is 13.3 Å². The van der Waals surface area contributed by atoms with Crippen LogP contribution in [0.3, 0.4) is 0 Å². The lowest BCUT2D eigenvalue weighted by Gasteiger charge is -1.99. The molecule has 2 rings (SSSR count). The van der Waals surface area contributed by atoms with Gasteiger partial charge in [-0.1, -0.05) is 35.9 Å². The van der Waals surface area contributed by atoms with E-state index in [1.54, 1.807) is 6.07 Å². The van der Waals surface area contributed by atoms with Gasteiger partial charge in [0.2, 0.25) is 0 Å². The van der Waals surface area contributed by atoms with Crippen LogP contribution in [0.1, 0.15) is 27.9 Å². The molecule has 0 unspecified atom stereocenters. The second kappa shape index (κ2) is 7.16. The van der Waals surface area contributed by atoms with E-state index in [9.17, 15) is 14.9 Å². The number of nitrogens with two attached hydrogens (primary N) is 1. The highest BCUT2D eigenvalue weighted by Gasteiger charge is 2.15. The van der Waals surface area contributed by atoms with Crippen molar-refractivity contribution in [2.24, 2.45) is 5.10 Å². The highest BCUT2D eigenvalue weighted by molar-refractivity contribution is 7.17. The third-order valence-electron chi connectivity index (χ3n) is 2.80. The minimum absolute atomic E-state index is 0.0314. The first-order chi connectivity index (χ1) is 10.9. The molecule has 120 valence electrons. The lowest BCUT2D eigenvalue weighted by Crippen LogP contribution is -2.17. The zero-order valence-electron chi connectivity index (χ0n) is 11.9. The summed E-state index contributed by atoms with van der Waals surface area (Å²) in [7, 11) is 0. The lowest BCUT2D eigenvalue weighted by molar-refractivity contribution is -0.384. The molecule has 1 heterocycles. The zero-order valence-corrected chi connectivity index (χ0v) is 13.5. The van der Waals surface area contributed by atoms with Crippen molar-refractivity contribution in [3.8, 4) is 0 Å². The molecule has 1 amide bonds. The summed E-state index contributed by atoms with van der Waals surface area (Å²) in [5.74, 6) is -0.434. The van der Waals surface area contributed by atoms with Crippen LogP contribution in [0.2, 0.25) is 5.02 Å². The number of nitrogen functional groups attached to an aromatic ring is 1. The Bertz CT molecular complexity index is 790. The molecule has 0 bridgehead atoms. The molecule has 1 aromatic carbocycles. The van der Waals surface area contributed by atoms with Crippen LogP contribution in [0, 0.1) is 10.1 Å². The standard InChI is InChI=1S/C13H12ClN5O3S/c1-2-9-11(23-13(15)17-9)12(20)18-16-6-7-3-4-8(14)10(5-7)19(21)22/h3-6H,2H2,1H3,(H2,15,17)(H,18,20)/b16-6-. The number of nitrogens with zero attached hydrogens (tertiary/aromatic N) is 3. The summed E-state index contributed by atoms with van der Waals surface area (Å²) < 4.78 is 0. The number of aromatic nitrogens is 1. The molecule has 23 heavy (non-hydrogen) atoms. The predicted molar refractivity (Wildman–Crippen MR) is 89.1 cm³/mol. The number of thiazole rings is 1. The van der Waals surface area contributed by atoms with Crippen molar-refractivity contribution >= 4 is 45.9 Å². The third kappa shape index (κ3) is 4.02. The van der Waals surface area contributed by atoms with Crippen molar-refractivity contribution < 1.29 is 9.72 Å². The molecular weight excluding hydrogens is 342 g/mol. The molecule has 8 nitrogen and oxygen atoms in total. The fourth-order valence-electron chi connectivity index (χ4n) is 1.75. The van der Waals surface area contributed by atoms with Gasteiger partial charge in [-0.25, -0.2) is 10.4 Å². The number of nitro benzene ring substituents is 1. The molecule has 0 aliphatic carbocycles. The van der Waals surface area contributed by atoms with Crippen LogP contribution in [0.15, 0.2) is 23.3 Å². The van der Waals surface area contributed by atoms with Crippen LogP contribution in [-0.2, 0) is 6.42 Å². The highest BCUT2D eigenvalue weighted by Crippen LogP contribution is 2.24. The van der Waals surface area contributed by atoms with Crippen LogP contribution in [0.25, 0.3) is 0 Å². The molecule has 0 atom stereocenters. The van der Waals surface area contributed by atoms with Crippen LogP contribution < -0.4 is 11.2 Å². The maximum Gasteiger partial charge on any atom is 0.288 e. The van der Waals surface area contributed by atoms with Crippen molar-refractivity contribution in [1.82, 2.24) is 10.4 Å². The Kier molecular flexibility index (Phi) is 5.24. The van der Waals surface area contributed by atoms with Gasteiger partial charge in [-0.15, -0.1) is 0 Å². The summed E-state index contributed by atoms with van der Waals surface area (Å²) in [6.45, 7) is 1.86. The van der Waals surface area contributed by atoms with E-state index in [4.69, 9.17) is 17.3 Å². The minimum atomic E-state index is -0.591. The second-order valence-electron chi connectivity index (χ2n) is 4.35. The average Bonchev–Trinajstić information content (AvgIpc) is 2.89. The summed E-state index contributed by atoms with van der Waals surface area (Å²) in [4.78, 5) is 26.7. The average molecular weight is 354 g/mol. The molecule has 1 aromatic heterocycles. The van der Waals surface area contributed by atoms with E-state index in [0.29, 0.717) is 27.7 Å². The minimum Gasteiger partial charge on any atom is -0.375 e. The molecular formula is C13H12ClN5O3S. The smallest absolute Gasteiger partial charge is 0.288 e. The first-order valence-electron chi connectivity index (χ1n) is 6.45. The van der Waals surface area contributed by atoms with E-state index in [1.807, 2.05) is 6.92 Å². The van der Waals surface area contributed by atoms with Gasteiger partial charge < -0.3 is 5.73 Å². The summed E-state index contributed by atoms with van der Waals surface area (Å²) in [6, 6.07) is 4.20. The number of hydrogen-bond acceptors (Lipinski definition) is 7. The van der Waals surface area contributed by atoms with E-state index < -0.39 is 10.8 Å². The molecule has 0 saturated carbocycles. The largest absolute Gasteiger partial charge is 0.375 e. The normalized spacial score (nSPS) is 10.9. The monoisotopic (exact) mass is 353 g/mol. The molecule has 0 spiro atoms. The van der Waals surface area contributed by atoms with E-state index in [-0.39, 0.29) is 10.7 Å². The number of carbonyl (C=O) groups excluding carboxylic acids is 1. The maximum atomic E-state index is 12.0. The Morgan fingerprint density at radius 1 is 1.61 bits per heavy atom. The third-order valence-corrected chi connectivity index (χ3v) is 4.05. The Hall–Kier alpha value is -2.52. The fraction of sp³-hybridized carbons (Fsp3) is 0.154. The molecule has 3 N–H and O–H groups in total. The molecule has 0 aliphatic heterocycles. The number of amides is 1. The number of anilines is 1. The molecule has 0 saturated heterocycles. The highest BCUT2D eigenvalue weighted by atomic mass is 35.5. The maximum absolute atomic E-state index is 12.0. The molecule has 2 aromatic rings. The number of benzene rings is 1. The number of halogens is 1. The van der Waals surface area contributed by atoms with Gasteiger partial charge in [0.05, 0.1) is 16.8 Å². The van der Waals surface area contributed by atoms with Crippen LogP contribution in [0.5, 0.6) is 0 Å². The van der Waals surface area contributed by atoms with E-state index in [2.05, 4.69) is 15.5 Å². The van der Waals surface area contributed by atoms with Crippen LogP contribution in [0.4, 0.5) is 10.8 Å². The molecule has 0 radical (unpaired) electrons. The lowest BCUT2D eigenvalue weighted by atomic mass is 10.2. The van der Waals surface area contributed by atoms with Gasteiger partial charge in [0.1, 0.15) is 9.90 Å². The summed E-state index contributed by atoms with van der Waals surface area (Å²) in [5, 5.41) is 14.9. The number of nitro groups is 1. The Morgan fingerprint density at radius 2 is 2.35 bits per heavy atom. The van der Waals surface area contributed by atoms with Crippen LogP contribution in [-0.4, -0.2) is 22.0 Å². The van der Waals surface area contributed by atoms with Gasteiger partial charge in [-0.2, -0.15) is 5.10 Å². The number of hydrazone groups is 1. The topological polar surface area (TPSA) is 124 Å². The number of hydrogen-bond donors (Lipinski definition) is 2. The summed E-state index contributed by atoms with van der Waals surface area (Å²) in [6.07, 6.45) is 1.86. The summed E-state index contributed by atoms with van der Waals surface area (Å²) in [5.41, 5.74) is 8.73. The van der Waals surface area contributed by atoms with Gasteiger partial charge in [-0.05, 0) is 12.5 Å². The number of rotatable bonds is 5. The molecule has 0 aliphatic rings. The Morgan fingerprint density at radius 3 is 3.00 bits per heavy atom. The molecule has 10 heteroatoms. The van der Waals surface area contributed by atoms with E-state index in [0.717, 1.165) is 11.3 Å². The van der Waals surface area contributed by atoms with Gasteiger partial charge in [-0.3, -0.25) is 14.9 Å². The number of nitrogens with one attached hydrogen (secondary N) is 1. The van der Waals surface area contributed by atoms with Crippen molar-refractivity contribution in [3.63, 3.8) is 0 Å². The van der Waals surface area contributed by atoms with Crippen LogP contribution >= 0.6 is 22.9 Å². The fourth-order valence-corrected chi connectivity index (χ4v) is 2.75. The quantitative estimate of drug-likeness (QED) is 0.485. The van der Waals surface area contributed by atoms with Gasteiger partial charge in [0.25, 0.3) is 11.6 Å². The molecule has 0 fully saturated rings. The number of carbonyl (C=O) groups is 1.